The zero-order valence-corrected chi connectivity index (χ0v) is 15.4. The number of amides is 1. The molecule has 6 heteroatoms. The number of benzene rings is 1. The molecule has 0 unspecified atom stereocenters. The summed E-state index contributed by atoms with van der Waals surface area (Å²) in [6.45, 7) is 9.09. The molecule has 6 nitrogen and oxygen atoms in total. The quantitative estimate of drug-likeness (QED) is 0.898. The van der Waals surface area contributed by atoms with E-state index in [9.17, 15) is 4.79 Å². The highest BCUT2D eigenvalue weighted by molar-refractivity contribution is 5.68. The Hall–Kier alpha value is -2.37. The van der Waals surface area contributed by atoms with Crippen molar-refractivity contribution in [2.24, 2.45) is 0 Å². The Labute approximate surface area is 148 Å². The van der Waals surface area contributed by atoms with E-state index in [1.54, 1.807) is 4.90 Å². The maximum atomic E-state index is 12.1. The molecule has 1 aliphatic heterocycles. The van der Waals surface area contributed by atoms with Crippen LogP contribution < -0.4 is 0 Å². The number of nitrogens with zero attached hydrogens (tertiary/aromatic N) is 3. The smallest absolute Gasteiger partial charge is 0.410 e. The zero-order valence-electron chi connectivity index (χ0n) is 15.4. The van der Waals surface area contributed by atoms with Crippen LogP contribution in [0.3, 0.4) is 0 Å². The minimum Gasteiger partial charge on any atom is -0.444 e. The van der Waals surface area contributed by atoms with Crippen LogP contribution in [-0.4, -0.2) is 44.9 Å². The van der Waals surface area contributed by atoms with Crippen molar-refractivity contribution in [2.45, 2.75) is 52.1 Å². The lowest BCUT2D eigenvalue weighted by Gasteiger charge is -2.32. The normalized spacial score (nSPS) is 16.1. The number of hydrogen-bond acceptors (Lipinski definition) is 4. The van der Waals surface area contributed by atoms with E-state index in [1.165, 1.54) is 5.56 Å². The first-order valence-electron chi connectivity index (χ1n) is 8.79. The van der Waals surface area contributed by atoms with E-state index in [-0.39, 0.29) is 6.09 Å². The number of carbonyl (C=O) groups is 1. The molecule has 1 aliphatic rings. The van der Waals surface area contributed by atoms with Gasteiger partial charge in [-0.2, -0.15) is 5.10 Å². The molecule has 0 bridgehead atoms. The van der Waals surface area contributed by atoms with Crippen molar-refractivity contribution >= 4 is 6.09 Å². The minimum atomic E-state index is -0.457. The Bertz CT molecular complexity index is 723. The number of aromatic nitrogens is 3. The van der Waals surface area contributed by atoms with Crippen LogP contribution >= 0.6 is 0 Å². The number of aromatic amines is 1. The third-order valence-corrected chi connectivity index (χ3v) is 4.35. The molecule has 2 heterocycles. The summed E-state index contributed by atoms with van der Waals surface area (Å²) < 4.78 is 5.44. The summed E-state index contributed by atoms with van der Waals surface area (Å²) in [4.78, 5) is 18.6. The second-order valence-corrected chi connectivity index (χ2v) is 7.65. The average Bonchev–Trinajstić information content (AvgIpc) is 3.04. The SMILES string of the molecule is Cc1ccc(-c2n[nH]c(C3CCN(C(=O)OC(C)(C)C)CC3)n2)cc1. The highest BCUT2D eigenvalue weighted by Gasteiger charge is 2.28. The molecule has 1 saturated heterocycles. The van der Waals surface area contributed by atoms with Gasteiger partial charge in [-0.15, -0.1) is 0 Å². The lowest BCUT2D eigenvalue weighted by molar-refractivity contribution is 0.0203. The van der Waals surface area contributed by atoms with Crippen LogP contribution in [0.25, 0.3) is 11.4 Å². The van der Waals surface area contributed by atoms with Crippen molar-refractivity contribution < 1.29 is 9.53 Å². The van der Waals surface area contributed by atoms with Gasteiger partial charge in [0.2, 0.25) is 0 Å². The first-order valence-corrected chi connectivity index (χ1v) is 8.79. The van der Waals surface area contributed by atoms with Crippen LogP contribution in [0.4, 0.5) is 4.79 Å². The van der Waals surface area contributed by atoms with E-state index in [2.05, 4.69) is 34.2 Å². The number of hydrogen-bond donors (Lipinski definition) is 1. The van der Waals surface area contributed by atoms with E-state index in [0.717, 1.165) is 30.1 Å². The number of nitrogens with one attached hydrogen (secondary N) is 1. The fraction of sp³-hybridized carbons (Fsp3) is 0.526. The number of ether oxygens (including phenoxy) is 1. The third kappa shape index (κ3) is 4.38. The van der Waals surface area contributed by atoms with Gasteiger partial charge in [-0.25, -0.2) is 9.78 Å². The van der Waals surface area contributed by atoms with E-state index in [1.807, 2.05) is 32.9 Å². The lowest BCUT2D eigenvalue weighted by atomic mass is 9.96. The molecule has 1 N–H and O–H groups in total. The van der Waals surface area contributed by atoms with Gasteiger partial charge in [0.25, 0.3) is 0 Å². The van der Waals surface area contributed by atoms with Gasteiger partial charge in [-0.3, -0.25) is 5.10 Å². The molecule has 1 amide bonds. The highest BCUT2D eigenvalue weighted by atomic mass is 16.6. The fourth-order valence-electron chi connectivity index (χ4n) is 2.95. The second kappa shape index (κ2) is 6.86. The molecular weight excluding hydrogens is 316 g/mol. The molecule has 25 heavy (non-hydrogen) atoms. The summed E-state index contributed by atoms with van der Waals surface area (Å²) in [7, 11) is 0. The standard InChI is InChI=1S/C19H26N4O2/c1-13-5-7-14(8-6-13)16-20-17(22-21-16)15-9-11-23(12-10-15)18(24)25-19(2,3)4/h5-8,15H,9-12H2,1-4H3,(H,20,21,22). The molecule has 1 aromatic carbocycles. The molecule has 0 spiro atoms. The van der Waals surface area contributed by atoms with Crippen molar-refractivity contribution in [3.8, 4) is 11.4 Å². The minimum absolute atomic E-state index is 0.233. The molecule has 0 aliphatic carbocycles. The van der Waals surface area contributed by atoms with E-state index < -0.39 is 5.60 Å². The van der Waals surface area contributed by atoms with E-state index in [4.69, 9.17) is 4.74 Å². The lowest BCUT2D eigenvalue weighted by Crippen LogP contribution is -2.41. The van der Waals surface area contributed by atoms with Crippen molar-refractivity contribution in [3.05, 3.63) is 35.7 Å². The first-order chi connectivity index (χ1) is 11.8. The molecule has 1 fully saturated rings. The van der Waals surface area contributed by atoms with E-state index in [0.29, 0.717) is 19.0 Å². The zero-order chi connectivity index (χ0) is 18.0. The molecule has 3 rings (SSSR count). The van der Waals surface area contributed by atoms with Crippen molar-refractivity contribution in [3.63, 3.8) is 0 Å². The number of H-pyrrole nitrogens is 1. The summed E-state index contributed by atoms with van der Waals surface area (Å²) >= 11 is 0. The summed E-state index contributed by atoms with van der Waals surface area (Å²) in [6, 6.07) is 8.19. The topological polar surface area (TPSA) is 71.1 Å². The number of rotatable bonds is 2. The van der Waals surface area contributed by atoms with Crippen molar-refractivity contribution in [2.75, 3.05) is 13.1 Å². The summed E-state index contributed by atoms with van der Waals surface area (Å²) in [5.74, 6) is 1.93. The van der Waals surface area contributed by atoms with Gasteiger partial charge in [0.05, 0.1) is 0 Å². The maximum Gasteiger partial charge on any atom is 0.410 e. The van der Waals surface area contributed by atoms with Gasteiger partial charge in [0, 0.05) is 24.6 Å². The number of likely N-dealkylation sites (tertiary alicyclic amines) is 1. The van der Waals surface area contributed by atoms with Crippen molar-refractivity contribution in [1.82, 2.24) is 20.1 Å². The largest absolute Gasteiger partial charge is 0.444 e. The van der Waals surface area contributed by atoms with Crippen LogP contribution in [0, 0.1) is 6.92 Å². The summed E-state index contributed by atoms with van der Waals surface area (Å²) in [6.07, 6.45) is 1.49. The maximum absolute atomic E-state index is 12.1. The van der Waals surface area contributed by atoms with Crippen LogP contribution in [0.1, 0.15) is 50.9 Å². The monoisotopic (exact) mass is 342 g/mol. The van der Waals surface area contributed by atoms with Gasteiger partial charge in [-0.1, -0.05) is 29.8 Å². The van der Waals surface area contributed by atoms with Crippen LogP contribution in [0.15, 0.2) is 24.3 Å². The van der Waals surface area contributed by atoms with E-state index >= 15 is 0 Å². The fourth-order valence-corrected chi connectivity index (χ4v) is 2.95. The number of piperidine rings is 1. The Morgan fingerprint density at radius 2 is 1.84 bits per heavy atom. The highest BCUT2D eigenvalue weighted by Crippen LogP contribution is 2.27. The van der Waals surface area contributed by atoms with Crippen LogP contribution in [0.2, 0.25) is 0 Å². The number of carbonyl (C=O) groups excluding carboxylic acids is 1. The molecule has 0 atom stereocenters. The summed E-state index contributed by atoms with van der Waals surface area (Å²) in [5, 5.41) is 7.43. The summed E-state index contributed by atoms with van der Waals surface area (Å²) in [5.41, 5.74) is 1.77. The Balaban J connectivity index is 1.60. The first kappa shape index (κ1) is 17.5. The van der Waals surface area contributed by atoms with Crippen molar-refractivity contribution in [1.29, 1.82) is 0 Å². The van der Waals surface area contributed by atoms with Gasteiger partial charge < -0.3 is 9.64 Å². The Morgan fingerprint density at radius 1 is 1.20 bits per heavy atom. The predicted molar refractivity (Wildman–Crippen MR) is 96.3 cm³/mol. The van der Waals surface area contributed by atoms with Gasteiger partial charge in [0.15, 0.2) is 5.82 Å². The molecule has 0 radical (unpaired) electrons. The van der Waals surface area contributed by atoms with Crippen LogP contribution in [0.5, 0.6) is 0 Å². The predicted octanol–water partition coefficient (Wildman–Crippen LogP) is 3.89. The van der Waals surface area contributed by atoms with Gasteiger partial charge >= 0.3 is 6.09 Å². The molecular formula is C19H26N4O2. The van der Waals surface area contributed by atoms with Crippen LogP contribution in [-0.2, 0) is 4.74 Å². The second-order valence-electron chi connectivity index (χ2n) is 7.65. The molecule has 1 aromatic heterocycles. The Morgan fingerprint density at radius 3 is 2.44 bits per heavy atom. The Kier molecular flexibility index (Phi) is 4.79. The third-order valence-electron chi connectivity index (χ3n) is 4.35. The van der Waals surface area contributed by atoms with Gasteiger partial charge in [-0.05, 0) is 40.5 Å². The number of aryl methyl sites for hydroxylation is 1. The molecule has 0 saturated carbocycles. The average molecular weight is 342 g/mol. The van der Waals surface area contributed by atoms with Gasteiger partial charge in [0.1, 0.15) is 11.4 Å². The molecule has 2 aromatic rings. The molecule has 134 valence electrons.